The number of nitrogens with one attached hydrogen (secondary N) is 2. The lowest BCUT2D eigenvalue weighted by molar-refractivity contribution is -0.161. The van der Waals surface area contributed by atoms with E-state index in [0.29, 0.717) is 26.1 Å². The molecule has 0 aromatic heterocycles. The number of carbonyl (C=O) groups is 1. The highest BCUT2D eigenvalue weighted by molar-refractivity contribution is 5.79. The van der Waals surface area contributed by atoms with Gasteiger partial charge in [0.25, 0.3) is 0 Å². The minimum Gasteiger partial charge on any atom is -0.381 e. The van der Waals surface area contributed by atoms with Gasteiger partial charge in [0.2, 0.25) is 5.91 Å². The predicted molar refractivity (Wildman–Crippen MR) is 57.9 cm³/mol. The first-order valence-corrected chi connectivity index (χ1v) is 6.15. The maximum absolute atomic E-state index is 12.4. The molecule has 18 heavy (non-hydrogen) atoms. The van der Waals surface area contributed by atoms with E-state index in [9.17, 15) is 18.0 Å². The van der Waals surface area contributed by atoms with Crippen LogP contribution in [0.15, 0.2) is 0 Å². The Bertz CT molecular complexity index is 295. The van der Waals surface area contributed by atoms with Crippen LogP contribution in [-0.4, -0.2) is 43.9 Å². The third-order valence-corrected chi connectivity index (χ3v) is 3.46. The number of amides is 1. The molecule has 3 atom stereocenters. The first-order valence-electron chi connectivity index (χ1n) is 6.15. The third kappa shape index (κ3) is 3.35. The molecule has 2 saturated heterocycles. The molecular weight excluding hydrogens is 249 g/mol. The topological polar surface area (TPSA) is 50.4 Å². The van der Waals surface area contributed by atoms with Crippen molar-refractivity contribution in [2.24, 2.45) is 5.92 Å². The SMILES string of the molecule is O=C(NC1CCC(C(F)(F)F)NC1)C1CCOC1. The molecule has 2 aliphatic rings. The van der Waals surface area contributed by atoms with Crippen LogP contribution in [0.2, 0.25) is 0 Å². The van der Waals surface area contributed by atoms with Gasteiger partial charge in [-0.3, -0.25) is 4.79 Å². The molecule has 104 valence electrons. The van der Waals surface area contributed by atoms with E-state index >= 15 is 0 Å². The second-order valence-corrected chi connectivity index (χ2v) is 4.85. The quantitative estimate of drug-likeness (QED) is 0.778. The van der Waals surface area contributed by atoms with Crippen LogP contribution >= 0.6 is 0 Å². The van der Waals surface area contributed by atoms with Gasteiger partial charge in [0.1, 0.15) is 6.04 Å². The Balaban J connectivity index is 1.75. The number of halogens is 3. The maximum Gasteiger partial charge on any atom is 0.403 e. The molecule has 4 nitrogen and oxygen atoms in total. The molecule has 0 bridgehead atoms. The highest BCUT2D eigenvalue weighted by Crippen LogP contribution is 2.26. The number of rotatable bonds is 2. The summed E-state index contributed by atoms with van der Waals surface area (Å²) in [6, 6.07) is -1.66. The summed E-state index contributed by atoms with van der Waals surface area (Å²) in [5, 5.41) is 5.22. The lowest BCUT2D eigenvalue weighted by atomic mass is 9.99. The van der Waals surface area contributed by atoms with E-state index in [0.717, 1.165) is 0 Å². The van der Waals surface area contributed by atoms with Gasteiger partial charge in [-0.1, -0.05) is 0 Å². The Morgan fingerprint density at radius 2 is 2.06 bits per heavy atom. The van der Waals surface area contributed by atoms with Crippen molar-refractivity contribution >= 4 is 5.91 Å². The number of hydrogen-bond acceptors (Lipinski definition) is 3. The summed E-state index contributed by atoms with van der Waals surface area (Å²) in [6.45, 7) is 1.16. The second kappa shape index (κ2) is 5.44. The average molecular weight is 266 g/mol. The van der Waals surface area contributed by atoms with E-state index in [1.165, 1.54) is 0 Å². The lowest BCUT2D eigenvalue weighted by Gasteiger charge is -2.32. The molecule has 7 heteroatoms. The fraction of sp³-hybridized carbons (Fsp3) is 0.909. The monoisotopic (exact) mass is 266 g/mol. The maximum atomic E-state index is 12.4. The van der Waals surface area contributed by atoms with E-state index in [-0.39, 0.29) is 30.8 Å². The lowest BCUT2D eigenvalue weighted by Crippen LogP contribution is -2.54. The molecule has 0 saturated carbocycles. The van der Waals surface area contributed by atoms with Gasteiger partial charge < -0.3 is 15.4 Å². The largest absolute Gasteiger partial charge is 0.403 e. The molecule has 2 fully saturated rings. The van der Waals surface area contributed by atoms with Crippen molar-refractivity contribution in [3.8, 4) is 0 Å². The highest BCUT2D eigenvalue weighted by atomic mass is 19.4. The second-order valence-electron chi connectivity index (χ2n) is 4.85. The van der Waals surface area contributed by atoms with Crippen molar-refractivity contribution in [1.29, 1.82) is 0 Å². The van der Waals surface area contributed by atoms with Gasteiger partial charge in [0.15, 0.2) is 0 Å². The van der Waals surface area contributed by atoms with Crippen molar-refractivity contribution in [3.63, 3.8) is 0 Å². The Kier molecular flexibility index (Phi) is 4.11. The zero-order chi connectivity index (χ0) is 13.2. The van der Waals surface area contributed by atoms with Crippen LogP contribution in [0.4, 0.5) is 13.2 Å². The highest BCUT2D eigenvalue weighted by Gasteiger charge is 2.41. The standard InChI is InChI=1S/C11H17F3N2O2/c12-11(13,14)9-2-1-8(5-15-9)16-10(17)7-3-4-18-6-7/h7-9,15H,1-6H2,(H,16,17). The van der Waals surface area contributed by atoms with Gasteiger partial charge in [-0.2, -0.15) is 13.2 Å². The molecule has 1 amide bonds. The van der Waals surface area contributed by atoms with Gasteiger partial charge in [-0.05, 0) is 19.3 Å². The van der Waals surface area contributed by atoms with Crippen LogP contribution in [0.3, 0.4) is 0 Å². The average Bonchev–Trinajstić information content (AvgIpc) is 2.82. The van der Waals surface area contributed by atoms with E-state index in [2.05, 4.69) is 10.6 Å². The van der Waals surface area contributed by atoms with Crippen LogP contribution in [0, 0.1) is 5.92 Å². The van der Waals surface area contributed by atoms with Gasteiger partial charge >= 0.3 is 6.18 Å². The predicted octanol–water partition coefficient (Wildman–Crippen LogP) is 0.822. The molecule has 2 N–H and O–H groups in total. The number of ether oxygens (including phenoxy) is 1. The molecule has 3 unspecified atom stereocenters. The molecule has 0 radical (unpaired) electrons. The minimum absolute atomic E-state index is 0.00954. The zero-order valence-electron chi connectivity index (χ0n) is 9.93. The molecular formula is C11H17F3N2O2. The van der Waals surface area contributed by atoms with Crippen molar-refractivity contribution in [3.05, 3.63) is 0 Å². The molecule has 0 aromatic carbocycles. The Morgan fingerprint density at radius 3 is 2.56 bits per heavy atom. The van der Waals surface area contributed by atoms with Gasteiger partial charge in [-0.25, -0.2) is 0 Å². The van der Waals surface area contributed by atoms with E-state index in [1.54, 1.807) is 0 Å². The molecule has 0 aromatic rings. The summed E-state index contributed by atoms with van der Waals surface area (Å²) >= 11 is 0. The Labute approximate surface area is 103 Å². The fourth-order valence-electron chi connectivity index (χ4n) is 2.32. The normalized spacial score (nSPS) is 33.4. The molecule has 2 heterocycles. The van der Waals surface area contributed by atoms with Crippen molar-refractivity contribution < 1.29 is 22.7 Å². The summed E-state index contributed by atoms with van der Waals surface area (Å²) < 4.78 is 42.3. The number of alkyl halides is 3. The van der Waals surface area contributed by atoms with Crippen LogP contribution in [0.5, 0.6) is 0 Å². The van der Waals surface area contributed by atoms with Gasteiger partial charge in [0.05, 0.1) is 12.5 Å². The smallest absolute Gasteiger partial charge is 0.381 e. The molecule has 2 rings (SSSR count). The van der Waals surface area contributed by atoms with Gasteiger partial charge in [-0.15, -0.1) is 0 Å². The summed E-state index contributed by atoms with van der Waals surface area (Å²) in [5.74, 6) is -0.255. The minimum atomic E-state index is -4.20. The number of carbonyl (C=O) groups excluding carboxylic acids is 1. The third-order valence-electron chi connectivity index (χ3n) is 3.46. The molecule has 0 spiro atoms. The fourth-order valence-corrected chi connectivity index (χ4v) is 2.32. The first-order chi connectivity index (χ1) is 8.47. The van der Waals surface area contributed by atoms with Crippen molar-refractivity contribution in [2.75, 3.05) is 19.8 Å². The van der Waals surface area contributed by atoms with E-state index in [1.807, 2.05) is 0 Å². The summed E-state index contributed by atoms with van der Waals surface area (Å²) in [5.41, 5.74) is 0. The molecule has 0 aliphatic carbocycles. The van der Waals surface area contributed by atoms with Crippen LogP contribution in [0.1, 0.15) is 19.3 Å². The summed E-state index contributed by atoms with van der Waals surface area (Å²) in [7, 11) is 0. The summed E-state index contributed by atoms with van der Waals surface area (Å²) in [6.07, 6.45) is -3.14. The Hall–Kier alpha value is -0.820. The van der Waals surface area contributed by atoms with E-state index < -0.39 is 12.2 Å². The Morgan fingerprint density at radius 1 is 1.28 bits per heavy atom. The van der Waals surface area contributed by atoms with Crippen molar-refractivity contribution in [1.82, 2.24) is 10.6 Å². The van der Waals surface area contributed by atoms with Crippen LogP contribution in [0.25, 0.3) is 0 Å². The summed E-state index contributed by atoms with van der Waals surface area (Å²) in [4.78, 5) is 11.8. The number of hydrogen-bond donors (Lipinski definition) is 2. The number of piperidine rings is 1. The zero-order valence-corrected chi connectivity index (χ0v) is 9.93. The molecule has 2 aliphatic heterocycles. The first kappa shape index (κ1) is 13.6. The van der Waals surface area contributed by atoms with Gasteiger partial charge in [0, 0.05) is 19.2 Å². The van der Waals surface area contributed by atoms with E-state index in [4.69, 9.17) is 4.74 Å². The van der Waals surface area contributed by atoms with Crippen LogP contribution in [-0.2, 0) is 9.53 Å². The van der Waals surface area contributed by atoms with Crippen LogP contribution < -0.4 is 10.6 Å². The van der Waals surface area contributed by atoms with Crippen molar-refractivity contribution in [2.45, 2.75) is 37.5 Å².